The number of hydrogen-bond donors (Lipinski definition) is 0. The van der Waals surface area contributed by atoms with E-state index < -0.39 is 0 Å². The Hall–Kier alpha value is -1.44. The van der Waals surface area contributed by atoms with E-state index >= 15 is 0 Å². The van der Waals surface area contributed by atoms with Crippen LogP contribution in [-0.4, -0.2) is 11.7 Å². The van der Waals surface area contributed by atoms with Crippen LogP contribution in [0.5, 0.6) is 5.75 Å². The molecule has 1 aromatic carbocycles. The van der Waals surface area contributed by atoms with Crippen LogP contribution in [0.2, 0.25) is 0 Å². The second-order valence-corrected chi connectivity index (χ2v) is 4.20. The summed E-state index contributed by atoms with van der Waals surface area (Å²) in [5, 5.41) is 1.20. The Morgan fingerprint density at radius 3 is 2.53 bits per heavy atom. The Labute approximate surface area is 90.5 Å². The Morgan fingerprint density at radius 1 is 1.20 bits per heavy atom. The van der Waals surface area contributed by atoms with Crippen molar-refractivity contribution in [2.45, 2.75) is 19.8 Å². The highest BCUT2D eigenvalue weighted by molar-refractivity contribution is 5.88. The summed E-state index contributed by atoms with van der Waals surface area (Å²) in [4.78, 5) is 0. The molecule has 0 fully saturated rings. The van der Waals surface area contributed by atoms with E-state index in [1.165, 1.54) is 16.5 Å². The van der Waals surface area contributed by atoms with Gasteiger partial charge in [-0.15, -0.1) is 0 Å². The molecule has 0 radical (unpaired) electrons. The van der Waals surface area contributed by atoms with Gasteiger partial charge in [-0.3, -0.25) is 0 Å². The minimum Gasteiger partial charge on any atom is -0.496 e. The molecule has 0 saturated carbocycles. The normalized spacial score (nSPS) is 11.3. The first-order valence-electron chi connectivity index (χ1n) is 5.27. The lowest BCUT2D eigenvalue weighted by Gasteiger charge is -2.13. The standard InChI is InChI=1S/C13H17NO/c1-9(2)10-5-6-12-11(13(10)15-4)7-8-14(12)3/h5-9H,1-4H3. The molecule has 1 aromatic heterocycles. The zero-order chi connectivity index (χ0) is 11.0. The molecule has 0 amide bonds. The van der Waals surface area contributed by atoms with Gasteiger partial charge in [0.25, 0.3) is 0 Å². The van der Waals surface area contributed by atoms with Gasteiger partial charge in [0.05, 0.1) is 12.6 Å². The van der Waals surface area contributed by atoms with Crippen molar-refractivity contribution in [3.05, 3.63) is 30.0 Å². The van der Waals surface area contributed by atoms with Crippen LogP contribution in [0.15, 0.2) is 24.4 Å². The predicted octanol–water partition coefficient (Wildman–Crippen LogP) is 3.31. The molecule has 0 atom stereocenters. The molecule has 2 nitrogen and oxygen atoms in total. The number of methoxy groups -OCH3 is 1. The number of nitrogens with zero attached hydrogens (tertiary/aromatic N) is 1. The van der Waals surface area contributed by atoms with Crippen molar-refractivity contribution in [1.82, 2.24) is 4.57 Å². The highest BCUT2D eigenvalue weighted by atomic mass is 16.5. The number of ether oxygens (including phenoxy) is 1. The van der Waals surface area contributed by atoms with Crippen molar-refractivity contribution in [2.24, 2.45) is 7.05 Å². The molecule has 2 heteroatoms. The number of hydrogen-bond acceptors (Lipinski definition) is 1. The van der Waals surface area contributed by atoms with Crippen LogP contribution < -0.4 is 4.74 Å². The van der Waals surface area contributed by atoms with Gasteiger partial charge < -0.3 is 9.30 Å². The third kappa shape index (κ3) is 1.50. The maximum absolute atomic E-state index is 5.52. The SMILES string of the molecule is COc1c(C(C)C)ccc2c1ccn2C. The summed E-state index contributed by atoms with van der Waals surface area (Å²) in [5.41, 5.74) is 2.49. The highest BCUT2D eigenvalue weighted by Gasteiger charge is 2.12. The van der Waals surface area contributed by atoms with Crippen LogP contribution in [0, 0.1) is 0 Å². The van der Waals surface area contributed by atoms with Gasteiger partial charge in [0.1, 0.15) is 5.75 Å². The predicted molar refractivity (Wildman–Crippen MR) is 63.6 cm³/mol. The van der Waals surface area contributed by atoms with Gasteiger partial charge in [0.15, 0.2) is 0 Å². The average Bonchev–Trinajstić information content (AvgIpc) is 2.59. The lowest BCUT2D eigenvalue weighted by Crippen LogP contribution is -1.95. The molecule has 2 rings (SSSR count). The smallest absolute Gasteiger partial charge is 0.131 e. The van der Waals surface area contributed by atoms with E-state index in [4.69, 9.17) is 4.74 Å². The first kappa shape index (κ1) is 10.1. The van der Waals surface area contributed by atoms with Crippen molar-refractivity contribution in [1.29, 1.82) is 0 Å². The lowest BCUT2D eigenvalue weighted by molar-refractivity contribution is 0.412. The van der Waals surface area contributed by atoms with E-state index in [1.54, 1.807) is 7.11 Å². The van der Waals surface area contributed by atoms with Crippen LogP contribution in [0.25, 0.3) is 10.9 Å². The van der Waals surface area contributed by atoms with Crippen molar-refractivity contribution in [2.75, 3.05) is 7.11 Å². The quantitative estimate of drug-likeness (QED) is 0.730. The third-order valence-corrected chi connectivity index (χ3v) is 2.87. The molecule has 0 bridgehead atoms. The molecule has 80 valence electrons. The fraction of sp³-hybridized carbons (Fsp3) is 0.385. The highest BCUT2D eigenvalue weighted by Crippen LogP contribution is 2.34. The van der Waals surface area contributed by atoms with Crippen molar-refractivity contribution < 1.29 is 4.74 Å². The molecular weight excluding hydrogens is 186 g/mol. The monoisotopic (exact) mass is 203 g/mol. The Bertz CT molecular complexity index is 482. The van der Waals surface area contributed by atoms with Gasteiger partial charge in [-0.1, -0.05) is 19.9 Å². The second kappa shape index (κ2) is 3.61. The van der Waals surface area contributed by atoms with E-state index in [9.17, 15) is 0 Å². The third-order valence-electron chi connectivity index (χ3n) is 2.87. The van der Waals surface area contributed by atoms with E-state index in [0.717, 1.165) is 5.75 Å². The summed E-state index contributed by atoms with van der Waals surface area (Å²) < 4.78 is 7.63. The summed E-state index contributed by atoms with van der Waals surface area (Å²) >= 11 is 0. The summed E-state index contributed by atoms with van der Waals surface area (Å²) in [5.74, 6) is 1.51. The van der Waals surface area contributed by atoms with Gasteiger partial charge >= 0.3 is 0 Å². The maximum atomic E-state index is 5.52. The number of rotatable bonds is 2. The number of aryl methyl sites for hydroxylation is 1. The largest absolute Gasteiger partial charge is 0.496 e. The van der Waals surface area contributed by atoms with Crippen LogP contribution in [0.1, 0.15) is 25.3 Å². The zero-order valence-corrected chi connectivity index (χ0v) is 9.74. The van der Waals surface area contributed by atoms with Crippen LogP contribution in [-0.2, 0) is 7.05 Å². The fourth-order valence-electron chi connectivity index (χ4n) is 2.02. The van der Waals surface area contributed by atoms with Crippen molar-refractivity contribution in [3.8, 4) is 5.75 Å². The molecule has 15 heavy (non-hydrogen) atoms. The summed E-state index contributed by atoms with van der Waals surface area (Å²) in [6.07, 6.45) is 2.07. The Morgan fingerprint density at radius 2 is 1.93 bits per heavy atom. The molecule has 1 heterocycles. The molecular formula is C13H17NO. The van der Waals surface area contributed by atoms with E-state index in [-0.39, 0.29) is 0 Å². The topological polar surface area (TPSA) is 14.2 Å². The molecule has 2 aromatic rings. The Kier molecular flexibility index (Phi) is 2.43. The minimum absolute atomic E-state index is 0.490. The van der Waals surface area contributed by atoms with Crippen molar-refractivity contribution in [3.63, 3.8) is 0 Å². The summed E-state index contributed by atoms with van der Waals surface area (Å²) in [6, 6.07) is 6.43. The average molecular weight is 203 g/mol. The van der Waals surface area contributed by atoms with E-state index in [1.807, 2.05) is 0 Å². The zero-order valence-electron chi connectivity index (χ0n) is 9.74. The Balaban J connectivity index is 2.76. The molecule has 0 aliphatic carbocycles. The molecule has 0 spiro atoms. The lowest BCUT2D eigenvalue weighted by atomic mass is 10.00. The fourth-order valence-corrected chi connectivity index (χ4v) is 2.02. The second-order valence-electron chi connectivity index (χ2n) is 4.20. The van der Waals surface area contributed by atoms with E-state index in [0.29, 0.717) is 5.92 Å². The molecule has 0 aliphatic rings. The van der Waals surface area contributed by atoms with Crippen LogP contribution in [0.4, 0.5) is 0 Å². The van der Waals surface area contributed by atoms with E-state index in [2.05, 4.69) is 49.9 Å². The molecule has 0 saturated heterocycles. The summed E-state index contributed by atoms with van der Waals surface area (Å²) in [7, 11) is 3.80. The number of benzene rings is 1. The van der Waals surface area contributed by atoms with Gasteiger partial charge in [-0.25, -0.2) is 0 Å². The number of aromatic nitrogens is 1. The van der Waals surface area contributed by atoms with Crippen molar-refractivity contribution >= 4 is 10.9 Å². The van der Waals surface area contributed by atoms with Gasteiger partial charge in [-0.05, 0) is 23.6 Å². The maximum Gasteiger partial charge on any atom is 0.131 e. The number of fused-ring (bicyclic) bond motifs is 1. The first-order valence-corrected chi connectivity index (χ1v) is 5.27. The molecule has 0 unspecified atom stereocenters. The molecule has 0 aliphatic heterocycles. The van der Waals surface area contributed by atoms with Gasteiger partial charge in [0.2, 0.25) is 0 Å². The van der Waals surface area contributed by atoms with Gasteiger partial charge in [-0.2, -0.15) is 0 Å². The van der Waals surface area contributed by atoms with Gasteiger partial charge in [0, 0.05) is 18.6 Å². The molecule has 0 N–H and O–H groups in total. The van der Waals surface area contributed by atoms with Crippen LogP contribution in [0.3, 0.4) is 0 Å². The minimum atomic E-state index is 0.490. The van der Waals surface area contributed by atoms with Crippen LogP contribution >= 0.6 is 0 Å². The summed E-state index contributed by atoms with van der Waals surface area (Å²) in [6.45, 7) is 4.37. The first-order chi connectivity index (χ1) is 7.15.